The molecule has 0 radical (unpaired) electrons. The zero-order valence-electron chi connectivity index (χ0n) is 11.8. The van der Waals surface area contributed by atoms with E-state index in [9.17, 15) is 9.59 Å². The molecule has 0 saturated heterocycles. The van der Waals surface area contributed by atoms with Crippen LogP contribution in [-0.4, -0.2) is 30.5 Å². The van der Waals surface area contributed by atoms with Gasteiger partial charge in [0.05, 0.1) is 5.92 Å². The molecule has 0 spiro atoms. The van der Waals surface area contributed by atoms with Gasteiger partial charge in [-0.25, -0.2) is 4.79 Å². The van der Waals surface area contributed by atoms with Crippen LogP contribution in [0.1, 0.15) is 24.0 Å². The third-order valence-corrected chi connectivity index (χ3v) is 3.42. The fraction of sp³-hybridized carbons (Fsp3) is 0.429. The van der Waals surface area contributed by atoms with Crippen molar-refractivity contribution in [1.82, 2.24) is 0 Å². The van der Waals surface area contributed by atoms with Crippen molar-refractivity contribution in [1.29, 1.82) is 0 Å². The van der Waals surface area contributed by atoms with Gasteiger partial charge in [0.15, 0.2) is 0 Å². The molecule has 20 heavy (non-hydrogen) atoms. The van der Waals surface area contributed by atoms with Crippen LogP contribution in [0.3, 0.4) is 0 Å². The van der Waals surface area contributed by atoms with E-state index in [-0.39, 0.29) is 5.75 Å². The highest BCUT2D eigenvalue weighted by Gasteiger charge is 2.34. The highest BCUT2D eigenvalue weighted by molar-refractivity contribution is 7.80. The number of aryl methyl sites for hydroxylation is 1. The molecule has 0 aliphatic carbocycles. The molecule has 5 nitrogen and oxygen atoms in total. The summed E-state index contributed by atoms with van der Waals surface area (Å²) in [4.78, 5) is 23.8. The molecule has 0 aromatic heterocycles. The first-order valence-electron chi connectivity index (χ1n) is 6.10. The number of carbonyl (C=O) groups excluding carboxylic acids is 2. The lowest BCUT2D eigenvalue weighted by Crippen LogP contribution is -2.48. The SMILES string of the molecule is CO[C@](C)(N)C(=O)OC(=O)[C@@H](CS)c1ccccc1C. The zero-order valence-corrected chi connectivity index (χ0v) is 12.6. The second kappa shape index (κ2) is 6.88. The number of hydrogen-bond acceptors (Lipinski definition) is 6. The van der Waals surface area contributed by atoms with Crippen molar-refractivity contribution in [3.05, 3.63) is 35.4 Å². The Hall–Kier alpha value is -1.37. The molecule has 110 valence electrons. The monoisotopic (exact) mass is 297 g/mol. The Labute approximate surface area is 123 Å². The Kier molecular flexibility index (Phi) is 5.74. The molecule has 0 fully saturated rings. The number of rotatable bonds is 5. The minimum Gasteiger partial charge on any atom is -0.389 e. The van der Waals surface area contributed by atoms with Crippen molar-refractivity contribution in [2.24, 2.45) is 5.73 Å². The van der Waals surface area contributed by atoms with Gasteiger partial charge in [-0.05, 0) is 25.0 Å². The average Bonchev–Trinajstić information content (AvgIpc) is 2.41. The van der Waals surface area contributed by atoms with Crippen LogP contribution in [0.2, 0.25) is 0 Å². The van der Waals surface area contributed by atoms with Crippen molar-refractivity contribution in [2.75, 3.05) is 12.9 Å². The number of carbonyl (C=O) groups is 2. The lowest BCUT2D eigenvalue weighted by Gasteiger charge is -2.21. The van der Waals surface area contributed by atoms with Crippen LogP contribution >= 0.6 is 12.6 Å². The normalized spacial score (nSPS) is 15.2. The van der Waals surface area contributed by atoms with Gasteiger partial charge in [-0.15, -0.1) is 0 Å². The summed E-state index contributed by atoms with van der Waals surface area (Å²) in [5.41, 5.74) is 5.60. The van der Waals surface area contributed by atoms with E-state index in [1.54, 1.807) is 6.07 Å². The van der Waals surface area contributed by atoms with E-state index in [0.717, 1.165) is 11.1 Å². The quantitative estimate of drug-likeness (QED) is 0.372. The minimum absolute atomic E-state index is 0.227. The number of esters is 2. The molecular formula is C14H19NO4S. The molecule has 0 saturated carbocycles. The topological polar surface area (TPSA) is 78.6 Å². The molecule has 2 N–H and O–H groups in total. The minimum atomic E-state index is -1.65. The van der Waals surface area contributed by atoms with Crippen LogP contribution in [0.25, 0.3) is 0 Å². The first-order valence-corrected chi connectivity index (χ1v) is 6.73. The van der Waals surface area contributed by atoms with Crippen molar-refractivity contribution >= 4 is 24.6 Å². The molecule has 2 atom stereocenters. The molecular weight excluding hydrogens is 278 g/mol. The third kappa shape index (κ3) is 3.82. The van der Waals surface area contributed by atoms with Crippen molar-refractivity contribution < 1.29 is 19.1 Å². The Morgan fingerprint density at radius 1 is 1.40 bits per heavy atom. The lowest BCUT2D eigenvalue weighted by molar-refractivity contribution is -0.175. The smallest absolute Gasteiger partial charge is 0.360 e. The lowest BCUT2D eigenvalue weighted by atomic mass is 9.96. The van der Waals surface area contributed by atoms with Crippen molar-refractivity contribution in [3.63, 3.8) is 0 Å². The first-order chi connectivity index (χ1) is 9.33. The predicted octanol–water partition coefficient (Wildman–Crippen LogP) is 1.40. The summed E-state index contributed by atoms with van der Waals surface area (Å²) in [7, 11) is 1.27. The Bertz CT molecular complexity index is 502. The summed E-state index contributed by atoms with van der Waals surface area (Å²) in [6, 6.07) is 7.37. The molecule has 0 heterocycles. The van der Waals surface area contributed by atoms with Crippen molar-refractivity contribution in [3.8, 4) is 0 Å². The molecule has 0 aliphatic heterocycles. The van der Waals surface area contributed by atoms with E-state index in [2.05, 4.69) is 12.6 Å². The molecule has 1 aromatic carbocycles. The molecule has 1 aromatic rings. The van der Waals surface area contributed by atoms with Gasteiger partial charge in [-0.1, -0.05) is 24.3 Å². The van der Waals surface area contributed by atoms with Gasteiger partial charge in [0.1, 0.15) is 0 Å². The van der Waals surface area contributed by atoms with Crippen LogP contribution in [0.4, 0.5) is 0 Å². The summed E-state index contributed by atoms with van der Waals surface area (Å²) in [6.45, 7) is 3.20. The maximum Gasteiger partial charge on any atom is 0.360 e. The summed E-state index contributed by atoms with van der Waals surface area (Å²) < 4.78 is 9.57. The summed E-state index contributed by atoms with van der Waals surface area (Å²) in [5, 5.41) is 0. The van der Waals surface area contributed by atoms with Gasteiger partial charge in [-0.3, -0.25) is 10.5 Å². The molecule has 6 heteroatoms. The van der Waals surface area contributed by atoms with Gasteiger partial charge in [0, 0.05) is 12.9 Å². The maximum absolute atomic E-state index is 12.1. The first kappa shape index (κ1) is 16.7. The van der Waals surface area contributed by atoms with Crippen LogP contribution < -0.4 is 5.73 Å². The van der Waals surface area contributed by atoms with E-state index < -0.39 is 23.6 Å². The average molecular weight is 297 g/mol. The molecule has 1 rings (SSSR count). The number of methoxy groups -OCH3 is 1. The highest BCUT2D eigenvalue weighted by atomic mass is 32.1. The second-order valence-electron chi connectivity index (χ2n) is 4.61. The molecule has 0 aliphatic rings. The Morgan fingerprint density at radius 2 is 2.00 bits per heavy atom. The predicted molar refractivity (Wildman–Crippen MR) is 78.5 cm³/mol. The second-order valence-corrected chi connectivity index (χ2v) is 4.98. The fourth-order valence-electron chi connectivity index (χ4n) is 1.62. The van der Waals surface area contributed by atoms with Crippen LogP contribution in [-0.2, 0) is 19.1 Å². The van der Waals surface area contributed by atoms with Gasteiger partial charge >= 0.3 is 11.9 Å². The molecule has 0 unspecified atom stereocenters. The number of benzene rings is 1. The van der Waals surface area contributed by atoms with Gasteiger partial charge in [0.25, 0.3) is 0 Å². The van der Waals surface area contributed by atoms with Gasteiger partial charge in [-0.2, -0.15) is 12.6 Å². The van der Waals surface area contributed by atoms with E-state index in [1.165, 1.54) is 14.0 Å². The third-order valence-electron chi connectivity index (χ3n) is 3.05. The maximum atomic E-state index is 12.1. The number of hydrogen-bond donors (Lipinski definition) is 2. The van der Waals surface area contributed by atoms with Crippen LogP contribution in [0, 0.1) is 6.92 Å². The summed E-state index contributed by atoms with van der Waals surface area (Å²) in [6.07, 6.45) is 0. The Balaban J connectivity index is 2.90. The van der Waals surface area contributed by atoms with Crippen LogP contribution in [0.15, 0.2) is 24.3 Å². The summed E-state index contributed by atoms with van der Waals surface area (Å²) >= 11 is 4.16. The van der Waals surface area contributed by atoms with Crippen molar-refractivity contribution in [2.45, 2.75) is 25.5 Å². The standard InChI is InChI=1S/C14H19NO4S/c1-9-6-4-5-7-10(9)11(8-20)12(16)19-13(17)14(2,15)18-3/h4-7,11,20H,8,15H2,1-3H3/t11-,14-/m0/s1. The molecule has 0 amide bonds. The highest BCUT2D eigenvalue weighted by Crippen LogP contribution is 2.23. The van der Waals surface area contributed by atoms with E-state index >= 15 is 0 Å². The largest absolute Gasteiger partial charge is 0.389 e. The van der Waals surface area contributed by atoms with Gasteiger partial charge < -0.3 is 9.47 Å². The number of thiol groups is 1. The summed E-state index contributed by atoms with van der Waals surface area (Å²) in [5.74, 6) is -2.01. The van der Waals surface area contributed by atoms with E-state index in [1.807, 2.05) is 25.1 Å². The number of ether oxygens (including phenoxy) is 2. The van der Waals surface area contributed by atoms with E-state index in [0.29, 0.717) is 0 Å². The van der Waals surface area contributed by atoms with Gasteiger partial charge in [0.2, 0.25) is 5.72 Å². The zero-order chi connectivity index (χ0) is 15.3. The molecule has 0 bridgehead atoms. The van der Waals surface area contributed by atoms with E-state index in [4.69, 9.17) is 15.2 Å². The van der Waals surface area contributed by atoms with Crippen LogP contribution in [0.5, 0.6) is 0 Å². The Morgan fingerprint density at radius 3 is 2.50 bits per heavy atom. The number of nitrogens with two attached hydrogens (primary N) is 1. The fourth-order valence-corrected chi connectivity index (χ4v) is 1.97.